The molecule has 2 aliphatic rings. The van der Waals surface area contributed by atoms with Crippen LogP contribution in [0.1, 0.15) is 45.4 Å². The van der Waals surface area contributed by atoms with Gasteiger partial charge < -0.3 is 4.74 Å². The van der Waals surface area contributed by atoms with Crippen molar-refractivity contribution in [2.24, 2.45) is 5.92 Å². The maximum atomic E-state index is 11.9. The monoisotopic (exact) mass is 239 g/mol. The largest absolute Gasteiger partial charge is 0.383 e. The van der Waals surface area contributed by atoms with Crippen LogP contribution in [0.5, 0.6) is 0 Å². The smallest absolute Gasteiger partial charge is 0.137 e. The molecule has 3 heteroatoms. The molecule has 0 aromatic carbocycles. The van der Waals surface area contributed by atoms with E-state index in [0.29, 0.717) is 23.8 Å². The third-order valence-electron chi connectivity index (χ3n) is 4.38. The van der Waals surface area contributed by atoms with Gasteiger partial charge >= 0.3 is 0 Å². The summed E-state index contributed by atoms with van der Waals surface area (Å²) in [6.45, 7) is 4.14. The highest BCUT2D eigenvalue weighted by Gasteiger charge is 2.38. The number of hydrogen-bond donors (Lipinski definition) is 0. The molecule has 1 aliphatic carbocycles. The highest BCUT2D eigenvalue weighted by Crippen LogP contribution is 2.33. The predicted molar refractivity (Wildman–Crippen MR) is 68.0 cm³/mol. The molecule has 98 valence electrons. The number of piperidine rings is 1. The summed E-state index contributed by atoms with van der Waals surface area (Å²) in [6, 6.07) is 0.933. The molecule has 3 atom stereocenters. The summed E-state index contributed by atoms with van der Waals surface area (Å²) in [7, 11) is 1.76. The van der Waals surface area contributed by atoms with E-state index in [0.717, 1.165) is 32.4 Å². The Morgan fingerprint density at radius 3 is 2.82 bits per heavy atom. The van der Waals surface area contributed by atoms with Gasteiger partial charge in [0.05, 0.1) is 6.61 Å². The van der Waals surface area contributed by atoms with E-state index in [9.17, 15) is 4.79 Å². The molecule has 0 bridgehead atoms. The molecule has 0 spiro atoms. The number of Topliss-reactive ketones (excluding diaryl/α,β-unsaturated/α-hetero) is 1. The summed E-state index contributed by atoms with van der Waals surface area (Å²) in [6.07, 6.45) is 6.78. The Morgan fingerprint density at radius 1 is 1.35 bits per heavy atom. The second-order valence-electron chi connectivity index (χ2n) is 5.57. The van der Waals surface area contributed by atoms with Crippen molar-refractivity contribution in [3.05, 3.63) is 0 Å². The van der Waals surface area contributed by atoms with E-state index in [2.05, 4.69) is 11.8 Å². The fourth-order valence-corrected chi connectivity index (χ4v) is 3.55. The van der Waals surface area contributed by atoms with Gasteiger partial charge in [-0.25, -0.2) is 0 Å². The summed E-state index contributed by atoms with van der Waals surface area (Å²) in [4.78, 5) is 14.5. The van der Waals surface area contributed by atoms with E-state index >= 15 is 0 Å². The minimum atomic E-state index is 0.314. The molecule has 1 saturated heterocycles. The van der Waals surface area contributed by atoms with Gasteiger partial charge in [-0.2, -0.15) is 0 Å². The number of rotatable bonds is 4. The van der Waals surface area contributed by atoms with Gasteiger partial charge in [0, 0.05) is 31.5 Å². The number of carbonyl (C=O) groups is 1. The van der Waals surface area contributed by atoms with Crippen molar-refractivity contribution < 1.29 is 9.53 Å². The molecule has 3 unspecified atom stereocenters. The Balaban J connectivity index is 2.03. The molecule has 0 aromatic rings. The zero-order valence-corrected chi connectivity index (χ0v) is 11.2. The lowest BCUT2D eigenvalue weighted by molar-refractivity contribution is -0.123. The van der Waals surface area contributed by atoms with Crippen LogP contribution >= 0.6 is 0 Å². The number of likely N-dealkylation sites (tertiary alicyclic amines) is 1. The summed E-state index contributed by atoms with van der Waals surface area (Å²) in [5.41, 5.74) is 0. The van der Waals surface area contributed by atoms with Gasteiger partial charge in [0.1, 0.15) is 5.78 Å². The maximum absolute atomic E-state index is 11.9. The summed E-state index contributed by atoms with van der Waals surface area (Å²) in [5, 5.41) is 0. The van der Waals surface area contributed by atoms with Crippen LogP contribution < -0.4 is 0 Å². The Labute approximate surface area is 105 Å². The van der Waals surface area contributed by atoms with Gasteiger partial charge in [-0.05, 0) is 39.2 Å². The van der Waals surface area contributed by atoms with Crippen molar-refractivity contribution in [1.82, 2.24) is 4.90 Å². The van der Waals surface area contributed by atoms with E-state index in [1.807, 2.05) is 0 Å². The Kier molecular flexibility index (Phi) is 4.57. The third kappa shape index (κ3) is 2.89. The second-order valence-corrected chi connectivity index (χ2v) is 5.57. The zero-order chi connectivity index (χ0) is 12.3. The van der Waals surface area contributed by atoms with Crippen LogP contribution in [-0.2, 0) is 9.53 Å². The number of ketones is 1. The summed E-state index contributed by atoms with van der Waals surface area (Å²) < 4.78 is 5.27. The molecule has 1 heterocycles. The average molecular weight is 239 g/mol. The first-order valence-electron chi connectivity index (χ1n) is 7.01. The zero-order valence-electron chi connectivity index (χ0n) is 11.2. The first kappa shape index (κ1) is 13.0. The predicted octanol–water partition coefficient (Wildman–Crippen LogP) is 2.25. The molecule has 2 fully saturated rings. The summed E-state index contributed by atoms with van der Waals surface area (Å²) in [5.74, 6) is 0.820. The average Bonchev–Trinajstić information content (AvgIpc) is 2.76. The molecule has 3 nitrogen and oxygen atoms in total. The van der Waals surface area contributed by atoms with Crippen molar-refractivity contribution in [2.45, 2.75) is 57.5 Å². The van der Waals surface area contributed by atoms with Crippen molar-refractivity contribution >= 4 is 5.78 Å². The standard InChI is InChI=1S/C14H25NO2/c1-11(10-17-2)15-9-4-3-7-13(15)12-6-5-8-14(12)16/h11-13H,3-10H2,1-2H3. The van der Waals surface area contributed by atoms with Gasteiger partial charge in [-0.3, -0.25) is 9.69 Å². The van der Waals surface area contributed by atoms with Crippen molar-refractivity contribution in [1.29, 1.82) is 0 Å². The van der Waals surface area contributed by atoms with E-state index in [-0.39, 0.29) is 0 Å². The summed E-state index contributed by atoms with van der Waals surface area (Å²) >= 11 is 0. The fourth-order valence-electron chi connectivity index (χ4n) is 3.55. The van der Waals surface area contributed by atoms with E-state index in [1.54, 1.807) is 7.11 Å². The van der Waals surface area contributed by atoms with Gasteiger partial charge in [-0.15, -0.1) is 0 Å². The van der Waals surface area contributed by atoms with Crippen LogP contribution in [0.25, 0.3) is 0 Å². The van der Waals surface area contributed by atoms with Crippen LogP contribution in [0.15, 0.2) is 0 Å². The van der Waals surface area contributed by atoms with Gasteiger partial charge in [0.25, 0.3) is 0 Å². The molecule has 17 heavy (non-hydrogen) atoms. The molecule has 0 aromatic heterocycles. The molecule has 2 rings (SSSR count). The minimum absolute atomic E-state index is 0.314. The van der Waals surface area contributed by atoms with Crippen LogP contribution in [0, 0.1) is 5.92 Å². The maximum Gasteiger partial charge on any atom is 0.137 e. The van der Waals surface area contributed by atoms with E-state index < -0.39 is 0 Å². The molecular weight excluding hydrogens is 214 g/mol. The lowest BCUT2D eigenvalue weighted by atomic mass is 9.87. The SMILES string of the molecule is COCC(C)N1CCCCC1C1CCCC1=O. The van der Waals surface area contributed by atoms with Crippen molar-refractivity contribution in [3.63, 3.8) is 0 Å². The number of nitrogens with zero attached hydrogens (tertiary/aromatic N) is 1. The molecule has 0 radical (unpaired) electrons. The number of carbonyl (C=O) groups excluding carboxylic acids is 1. The Morgan fingerprint density at radius 2 is 2.18 bits per heavy atom. The fraction of sp³-hybridized carbons (Fsp3) is 0.929. The van der Waals surface area contributed by atoms with E-state index in [4.69, 9.17) is 4.74 Å². The van der Waals surface area contributed by atoms with Crippen LogP contribution in [-0.4, -0.2) is 43.0 Å². The quantitative estimate of drug-likeness (QED) is 0.753. The second kappa shape index (κ2) is 5.96. The lowest BCUT2D eigenvalue weighted by Gasteiger charge is -2.42. The Hall–Kier alpha value is -0.410. The number of hydrogen-bond acceptors (Lipinski definition) is 3. The van der Waals surface area contributed by atoms with Crippen LogP contribution in [0.3, 0.4) is 0 Å². The van der Waals surface area contributed by atoms with Gasteiger partial charge in [0.15, 0.2) is 0 Å². The normalized spacial score (nSPS) is 32.9. The lowest BCUT2D eigenvalue weighted by Crippen LogP contribution is -2.50. The van der Waals surface area contributed by atoms with Crippen molar-refractivity contribution in [3.8, 4) is 0 Å². The molecule has 1 saturated carbocycles. The van der Waals surface area contributed by atoms with E-state index in [1.165, 1.54) is 19.3 Å². The number of methoxy groups -OCH3 is 1. The minimum Gasteiger partial charge on any atom is -0.383 e. The first-order valence-corrected chi connectivity index (χ1v) is 7.01. The Bertz CT molecular complexity index is 267. The van der Waals surface area contributed by atoms with Crippen LogP contribution in [0.2, 0.25) is 0 Å². The molecule has 1 aliphatic heterocycles. The highest BCUT2D eigenvalue weighted by atomic mass is 16.5. The first-order chi connectivity index (χ1) is 8.24. The number of ether oxygens (including phenoxy) is 1. The molecule has 0 amide bonds. The third-order valence-corrected chi connectivity index (χ3v) is 4.38. The molecule has 0 N–H and O–H groups in total. The van der Waals surface area contributed by atoms with Crippen molar-refractivity contribution in [2.75, 3.05) is 20.3 Å². The van der Waals surface area contributed by atoms with Crippen LogP contribution in [0.4, 0.5) is 0 Å². The van der Waals surface area contributed by atoms with Gasteiger partial charge in [-0.1, -0.05) is 6.42 Å². The molecular formula is C14H25NO2. The topological polar surface area (TPSA) is 29.5 Å². The highest BCUT2D eigenvalue weighted by molar-refractivity contribution is 5.83. The van der Waals surface area contributed by atoms with Gasteiger partial charge in [0.2, 0.25) is 0 Å².